The van der Waals surface area contributed by atoms with Gasteiger partial charge < -0.3 is 15.8 Å². The molecule has 2 aromatic carbocycles. The Balaban J connectivity index is 1.59. The summed E-state index contributed by atoms with van der Waals surface area (Å²) in [4.78, 5) is 39.5. The molecular weight excluding hydrogens is 438 g/mol. The summed E-state index contributed by atoms with van der Waals surface area (Å²) < 4.78 is 5.59. The summed E-state index contributed by atoms with van der Waals surface area (Å²) in [6.07, 6.45) is -0.742. The van der Waals surface area contributed by atoms with Gasteiger partial charge in [0.2, 0.25) is 5.91 Å². The summed E-state index contributed by atoms with van der Waals surface area (Å²) >= 11 is 7.30. The molecule has 1 aliphatic rings. The van der Waals surface area contributed by atoms with Gasteiger partial charge in [-0.25, -0.2) is 0 Å². The molecule has 158 valence electrons. The third-order valence-corrected chi connectivity index (χ3v) is 6.07. The Morgan fingerprint density at radius 3 is 2.65 bits per heavy atom. The molecule has 1 aromatic heterocycles. The van der Waals surface area contributed by atoms with Crippen molar-refractivity contribution in [3.05, 3.63) is 65.2 Å². The van der Waals surface area contributed by atoms with Gasteiger partial charge in [-0.1, -0.05) is 41.9 Å². The van der Waals surface area contributed by atoms with Crippen LogP contribution in [0.3, 0.4) is 0 Å². The molecule has 3 amide bonds. The van der Waals surface area contributed by atoms with Crippen LogP contribution in [-0.2, 0) is 9.59 Å². The Morgan fingerprint density at radius 1 is 1.19 bits per heavy atom. The van der Waals surface area contributed by atoms with E-state index in [-0.39, 0.29) is 18.0 Å². The Kier molecular flexibility index (Phi) is 5.67. The fraction of sp³-hybridized carbons (Fsp3) is 0.136. The van der Waals surface area contributed by atoms with Crippen LogP contribution >= 0.6 is 22.9 Å². The van der Waals surface area contributed by atoms with Gasteiger partial charge >= 0.3 is 0 Å². The highest BCUT2D eigenvalue weighted by molar-refractivity contribution is 7.20. The molecule has 0 fully saturated rings. The van der Waals surface area contributed by atoms with Gasteiger partial charge in [-0.15, -0.1) is 11.3 Å². The van der Waals surface area contributed by atoms with Crippen LogP contribution in [0.4, 0.5) is 10.7 Å². The molecule has 0 saturated heterocycles. The molecular formula is C22H18ClN3O4S. The van der Waals surface area contributed by atoms with Crippen molar-refractivity contribution in [3.8, 4) is 16.2 Å². The lowest BCUT2D eigenvalue weighted by Gasteiger charge is -2.32. The fourth-order valence-corrected chi connectivity index (χ4v) is 4.52. The Hall–Kier alpha value is -3.36. The van der Waals surface area contributed by atoms with Crippen LogP contribution in [0.2, 0.25) is 5.02 Å². The molecule has 0 radical (unpaired) electrons. The molecule has 3 N–H and O–H groups in total. The predicted octanol–water partition coefficient (Wildman–Crippen LogP) is 3.92. The van der Waals surface area contributed by atoms with E-state index >= 15 is 0 Å². The summed E-state index contributed by atoms with van der Waals surface area (Å²) in [5.41, 5.74) is 7.03. The molecule has 31 heavy (non-hydrogen) atoms. The zero-order chi connectivity index (χ0) is 22.1. The second-order valence-corrected chi connectivity index (χ2v) is 8.42. The van der Waals surface area contributed by atoms with Gasteiger partial charge in [0.1, 0.15) is 17.3 Å². The standard InChI is InChI=1S/C22H18ClN3O4S/c1-12-22(29)26(16-9-14(23)7-8-17(16)30-12)11-19(27)25-21-15(20(24)28)10-18(31-21)13-5-3-2-4-6-13/h2-10,12H,11H2,1H3,(H2,24,28)(H,25,27). The van der Waals surface area contributed by atoms with Crippen LogP contribution in [0.15, 0.2) is 54.6 Å². The maximum absolute atomic E-state index is 12.8. The minimum Gasteiger partial charge on any atom is -0.479 e. The quantitative estimate of drug-likeness (QED) is 0.608. The van der Waals surface area contributed by atoms with Crippen molar-refractivity contribution in [2.24, 2.45) is 5.73 Å². The highest BCUT2D eigenvalue weighted by Crippen LogP contribution is 2.37. The first kappa shape index (κ1) is 20.9. The van der Waals surface area contributed by atoms with Gasteiger partial charge in [0, 0.05) is 9.90 Å². The van der Waals surface area contributed by atoms with Crippen LogP contribution in [0.25, 0.3) is 10.4 Å². The van der Waals surface area contributed by atoms with Gasteiger partial charge in [0.15, 0.2) is 6.10 Å². The second kappa shape index (κ2) is 8.41. The first-order valence-corrected chi connectivity index (χ1v) is 10.6. The molecule has 0 aliphatic carbocycles. The number of amides is 3. The minimum atomic E-state index is -0.742. The van der Waals surface area contributed by atoms with E-state index in [1.807, 2.05) is 30.3 Å². The van der Waals surface area contributed by atoms with E-state index in [0.29, 0.717) is 21.5 Å². The second-order valence-electron chi connectivity index (χ2n) is 6.93. The van der Waals surface area contributed by atoms with Crippen LogP contribution in [0.5, 0.6) is 5.75 Å². The zero-order valence-corrected chi connectivity index (χ0v) is 18.0. The van der Waals surface area contributed by atoms with E-state index in [9.17, 15) is 14.4 Å². The number of fused-ring (bicyclic) bond motifs is 1. The van der Waals surface area contributed by atoms with E-state index in [0.717, 1.165) is 10.4 Å². The molecule has 9 heteroatoms. The van der Waals surface area contributed by atoms with E-state index in [4.69, 9.17) is 22.1 Å². The number of carbonyl (C=O) groups excluding carboxylic acids is 3. The van der Waals surface area contributed by atoms with Gasteiger partial charge in [0.05, 0.1) is 11.3 Å². The topological polar surface area (TPSA) is 102 Å². The number of hydrogen-bond donors (Lipinski definition) is 2. The first-order valence-electron chi connectivity index (χ1n) is 9.40. The number of nitrogens with two attached hydrogens (primary N) is 1. The number of hydrogen-bond acceptors (Lipinski definition) is 5. The van der Waals surface area contributed by atoms with Crippen molar-refractivity contribution in [1.82, 2.24) is 0 Å². The third-order valence-electron chi connectivity index (χ3n) is 4.74. The minimum absolute atomic E-state index is 0.210. The molecule has 4 rings (SSSR count). The summed E-state index contributed by atoms with van der Waals surface area (Å²) in [6.45, 7) is 1.35. The number of primary amides is 1. The smallest absolute Gasteiger partial charge is 0.268 e. The Labute approximate surface area is 187 Å². The van der Waals surface area contributed by atoms with E-state index in [1.165, 1.54) is 16.2 Å². The number of anilines is 2. The Morgan fingerprint density at radius 2 is 1.94 bits per heavy atom. The molecule has 1 aliphatic heterocycles. The average Bonchev–Trinajstić information content (AvgIpc) is 3.16. The summed E-state index contributed by atoms with van der Waals surface area (Å²) in [6, 6.07) is 16.0. The first-order chi connectivity index (χ1) is 14.8. The number of halogens is 1. The molecule has 7 nitrogen and oxygen atoms in total. The average molecular weight is 456 g/mol. The summed E-state index contributed by atoms with van der Waals surface area (Å²) in [5.74, 6) is -1.03. The maximum Gasteiger partial charge on any atom is 0.268 e. The maximum atomic E-state index is 12.8. The van der Waals surface area contributed by atoms with E-state index in [2.05, 4.69) is 5.32 Å². The van der Waals surface area contributed by atoms with Crippen LogP contribution < -0.4 is 20.7 Å². The van der Waals surface area contributed by atoms with E-state index in [1.54, 1.807) is 31.2 Å². The monoisotopic (exact) mass is 455 g/mol. The number of nitrogens with zero attached hydrogens (tertiary/aromatic N) is 1. The molecule has 1 unspecified atom stereocenters. The van der Waals surface area contributed by atoms with Crippen LogP contribution in [-0.4, -0.2) is 30.4 Å². The number of thiophene rings is 1. The lowest BCUT2D eigenvalue weighted by Crippen LogP contribution is -2.47. The van der Waals surface area contributed by atoms with Crippen molar-refractivity contribution < 1.29 is 19.1 Å². The van der Waals surface area contributed by atoms with E-state index < -0.39 is 17.9 Å². The fourth-order valence-electron chi connectivity index (χ4n) is 3.26. The summed E-state index contributed by atoms with van der Waals surface area (Å²) in [5, 5.41) is 3.47. The molecule has 0 spiro atoms. The molecule has 0 saturated carbocycles. The molecule has 0 bridgehead atoms. The highest BCUT2D eigenvalue weighted by atomic mass is 35.5. The van der Waals surface area contributed by atoms with Crippen molar-refractivity contribution in [2.45, 2.75) is 13.0 Å². The number of carbonyl (C=O) groups is 3. The highest BCUT2D eigenvalue weighted by Gasteiger charge is 2.33. The number of ether oxygens (including phenoxy) is 1. The molecule has 2 heterocycles. The predicted molar refractivity (Wildman–Crippen MR) is 121 cm³/mol. The third kappa shape index (κ3) is 4.26. The number of rotatable bonds is 5. The number of nitrogens with one attached hydrogen (secondary N) is 1. The van der Waals surface area contributed by atoms with Gasteiger partial charge in [-0.3, -0.25) is 19.3 Å². The van der Waals surface area contributed by atoms with Crippen molar-refractivity contribution in [2.75, 3.05) is 16.8 Å². The molecule has 3 aromatic rings. The van der Waals surface area contributed by atoms with Gasteiger partial charge in [-0.2, -0.15) is 0 Å². The Bertz CT molecular complexity index is 1180. The van der Waals surface area contributed by atoms with Crippen LogP contribution in [0.1, 0.15) is 17.3 Å². The van der Waals surface area contributed by atoms with Crippen LogP contribution in [0, 0.1) is 0 Å². The van der Waals surface area contributed by atoms with Crippen molar-refractivity contribution in [3.63, 3.8) is 0 Å². The lowest BCUT2D eigenvalue weighted by atomic mass is 10.1. The van der Waals surface area contributed by atoms with Gasteiger partial charge in [0.25, 0.3) is 11.8 Å². The van der Waals surface area contributed by atoms with Crippen molar-refractivity contribution >= 4 is 51.3 Å². The van der Waals surface area contributed by atoms with Gasteiger partial charge in [-0.05, 0) is 36.8 Å². The number of benzene rings is 2. The SMILES string of the molecule is CC1Oc2ccc(Cl)cc2N(CC(=O)Nc2sc(-c3ccccc3)cc2C(N)=O)C1=O. The largest absolute Gasteiger partial charge is 0.479 e. The normalized spacial score (nSPS) is 15.2. The zero-order valence-electron chi connectivity index (χ0n) is 16.4. The lowest BCUT2D eigenvalue weighted by molar-refractivity contribution is -0.127. The molecule has 1 atom stereocenters. The van der Waals surface area contributed by atoms with Crippen molar-refractivity contribution in [1.29, 1.82) is 0 Å². The summed E-state index contributed by atoms with van der Waals surface area (Å²) in [7, 11) is 0.